The lowest BCUT2D eigenvalue weighted by Crippen LogP contribution is -1.92. The van der Waals surface area contributed by atoms with Gasteiger partial charge < -0.3 is 5.73 Å². The van der Waals surface area contributed by atoms with Crippen LogP contribution in [0.15, 0.2) is 24.4 Å². The zero-order valence-electron chi connectivity index (χ0n) is 6.57. The van der Waals surface area contributed by atoms with Gasteiger partial charge in [0.25, 0.3) is 0 Å². The summed E-state index contributed by atoms with van der Waals surface area (Å²) >= 11 is 0. The van der Waals surface area contributed by atoms with Crippen molar-refractivity contribution in [3.8, 4) is 6.07 Å². The Bertz CT molecular complexity index is 306. The largest absolute Gasteiger partial charge is 0.327 e. The van der Waals surface area contributed by atoms with E-state index in [-0.39, 0.29) is 0 Å². The van der Waals surface area contributed by atoms with Crippen LogP contribution in [0.2, 0.25) is 0 Å². The minimum Gasteiger partial charge on any atom is -0.327 e. The van der Waals surface area contributed by atoms with Gasteiger partial charge in [0, 0.05) is 12.7 Å². The maximum absolute atomic E-state index is 8.48. The molecular weight excluding hydrogens is 150 g/mol. The normalized spacial score (nSPS) is 10.0. The molecule has 0 aliphatic heterocycles. The molecule has 1 aromatic heterocycles. The van der Waals surface area contributed by atoms with Gasteiger partial charge in [0.2, 0.25) is 0 Å². The van der Waals surface area contributed by atoms with Crippen LogP contribution in [0.1, 0.15) is 11.3 Å². The summed E-state index contributed by atoms with van der Waals surface area (Å²) in [5.74, 6) is 0. The molecule has 1 aromatic rings. The topological polar surface area (TPSA) is 62.7 Å². The number of pyridine rings is 1. The smallest absolute Gasteiger partial charge is 0.101 e. The molecule has 0 aromatic carbocycles. The lowest BCUT2D eigenvalue weighted by Gasteiger charge is -1.90. The zero-order valence-corrected chi connectivity index (χ0v) is 6.57. The third kappa shape index (κ3) is 2.19. The molecule has 0 fully saturated rings. The Morgan fingerprint density at radius 1 is 1.58 bits per heavy atom. The molecule has 12 heavy (non-hydrogen) atoms. The summed E-state index contributed by atoms with van der Waals surface area (Å²) in [6.07, 6.45) is 5.17. The Kier molecular flexibility index (Phi) is 3.00. The Balaban J connectivity index is 2.80. The van der Waals surface area contributed by atoms with E-state index in [1.807, 2.05) is 18.2 Å². The molecule has 2 N–H and O–H groups in total. The third-order valence-corrected chi connectivity index (χ3v) is 1.34. The van der Waals surface area contributed by atoms with Gasteiger partial charge in [0.1, 0.15) is 6.07 Å². The van der Waals surface area contributed by atoms with Crippen molar-refractivity contribution in [3.63, 3.8) is 0 Å². The average Bonchev–Trinajstić information content (AvgIpc) is 2.15. The van der Waals surface area contributed by atoms with Crippen LogP contribution in [0.25, 0.3) is 6.08 Å². The molecule has 3 nitrogen and oxygen atoms in total. The van der Waals surface area contributed by atoms with Crippen molar-refractivity contribution < 1.29 is 0 Å². The summed E-state index contributed by atoms with van der Waals surface area (Å²) in [4.78, 5) is 4.02. The van der Waals surface area contributed by atoms with Gasteiger partial charge >= 0.3 is 0 Å². The minimum absolute atomic E-state index is 0.502. The van der Waals surface area contributed by atoms with Crippen LogP contribution in [0.3, 0.4) is 0 Å². The van der Waals surface area contributed by atoms with Crippen LogP contribution in [-0.2, 0) is 0 Å². The summed E-state index contributed by atoms with van der Waals surface area (Å²) < 4.78 is 0. The molecule has 0 saturated heterocycles. The molecule has 0 aliphatic rings. The van der Waals surface area contributed by atoms with Crippen molar-refractivity contribution in [1.29, 1.82) is 5.26 Å². The second-order valence-electron chi connectivity index (χ2n) is 2.22. The van der Waals surface area contributed by atoms with E-state index in [4.69, 9.17) is 11.0 Å². The van der Waals surface area contributed by atoms with Crippen LogP contribution in [0, 0.1) is 11.3 Å². The molecule has 0 saturated carbocycles. The monoisotopic (exact) mass is 159 g/mol. The molecule has 0 amide bonds. The van der Waals surface area contributed by atoms with E-state index in [9.17, 15) is 0 Å². The Hall–Kier alpha value is -1.66. The van der Waals surface area contributed by atoms with E-state index in [0.717, 1.165) is 5.69 Å². The van der Waals surface area contributed by atoms with Crippen LogP contribution in [0.4, 0.5) is 0 Å². The molecule has 0 unspecified atom stereocenters. The van der Waals surface area contributed by atoms with Crippen LogP contribution in [-0.4, -0.2) is 11.5 Å². The van der Waals surface area contributed by atoms with E-state index >= 15 is 0 Å². The SMILES string of the molecule is N#Cc1ccc(C=CCN)nc1. The highest BCUT2D eigenvalue weighted by molar-refractivity contribution is 5.45. The first-order chi connectivity index (χ1) is 5.86. The molecule has 1 rings (SSSR count). The number of aromatic nitrogens is 1. The number of nitrogens with two attached hydrogens (primary N) is 1. The minimum atomic E-state index is 0.502. The molecular formula is C9H9N3. The highest BCUT2D eigenvalue weighted by Crippen LogP contribution is 1.99. The molecule has 0 spiro atoms. The van der Waals surface area contributed by atoms with Crippen molar-refractivity contribution in [3.05, 3.63) is 35.7 Å². The first kappa shape index (κ1) is 8.44. The summed E-state index contributed by atoms with van der Waals surface area (Å²) in [6.45, 7) is 0.502. The summed E-state index contributed by atoms with van der Waals surface area (Å²) in [7, 11) is 0. The molecule has 3 heteroatoms. The fraction of sp³-hybridized carbons (Fsp3) is 0.111. The van der Waals surface area contributed by atoms with E-state index in [2.05, 4.69) is 4.98 Å². The van der Waals surface area contributed by atoms with Gasteiger partial charge in [0.05, 0.1) is 11.3 Å². The number of nitrogens with zero attached hydrogens (tertiary/aromatic N) is 2. The van der Waals surface area contributed by atoms with E-state index < -0.39 is 0 Å². The standard InChI is InChI=1S/C9H9N3/c10-5-1-2-9-4-3-8(6-11)7-12-9/h1-4,7H,5,10H2. The van der Waals surface area contributed by atoms with E-state index in [1.54, 1.807) is 12.1 Å². The van der Waals surface area contributed by atoms with Crippen LogP contribution >= 0.6 is 0 Å². The highest BCUT2D eigenvalue weighted by Gasteiger charge is 1.89. The molecule has 1 heterocycles. The summed E-state index contributed by atoms with van der Waals surface area (Å²) in [5, 5.41) is 8.48. The second-order valence-corrected chi connectivity index (χ2v) is 2.22. The lowest BCUT2D eigenvalue weighted by atomic mass is 10.2. The van der Waals surface area contributed by atoms with Crippen molar-refractivity contribution in [2.75, 3.05) is 6.54 Å². The average molecular weight is 159 g/mol. The van der Waals surface area contributed by atoms with Gasteiger partial charge in [-0.05, 0) is 18.2 Å². The molecule has 0 atom stereocenters. The van der Waals surface area contributed by atoms with Gasteiger partial charge in [-0.1, -0.05) is 6.08 Å². The summed E-state index contributed by atoms with van der Waals surface area (Å²) in [5.41, 5.74) is 6.65. The quantitative estimate of drug-likeness (QED) is 0.698. The maximum atomic E-state index is 8.48. The predicted molar refractivity (Wildman–Crippen MR) is 47.0 cm³/mol. The Morgan fingerprint density at radius 3 is 2.92 bits per heavy atom. The van der Waals surface area contributed by atoms with Gasteiger partial charge in [0.15, 0.2) is 0 Å². The van der Waals surface area contributed by atoms with Crippen molar-refractivity contribution in [2.24, 2.45) is 5.73 Å². The van der Waals surface area contributed by atoms with Crippen molar-refractivity contribution in [2.45, 2.75) is 0 Å². The Labute approximate surface area is 71.2 Å². The summed E-state index contributed by atoms with van der Waals surface area (Å²) in [6, 6.07) is 5.51. The second kappa shape index (κ2) is 4.27. The van der Waals surface area contributed by atoms with E-state index in [1.165, 1.54) is 6.20 Å². The fourth-order valence-corrected chi connectivity index (χ4v) is 0.759. The van der Waals surface area contributed by atoms with Gasteiger partial charge in [-0.2, -0.15) is 5.26 Å². The highest BCUT2D eigenvalue weighted by atomic mass is 14.7. The molecule has 0 aliphatic carbocycles. The number of hydrogen-bond acceptors (Lipinski definition) is 3. The maximum Gasteiger partial charge on any atom is 0.101 e. The molecule has 0 bridgehead atoms. The predicted octanol–water partition coefficient (Wildman–Crippen LogP) is 0.925. The van der Waals surface area contributed by atoms with Gasteiger partial charge in [-0.15, -0.1) is 0 Å². The Morgan fingerprint density at radius 2 is 2.42 bits per heavy atom. The molecule has 0 radical (unpaired) electrons. The van der Waals surface area contributed by atoms with Crippen molar-refractivity contribution >= 4 is 6.08 Å². The first-order valence-electron chi connectivity index (χ1n) is 3.59. The van der Waals surface area contributed by atoms with Crippen LogP contribution in [0.5, 0.6) is 0 Å². The fourth-order valence-electron chi connectivity index (χ4n) is 0.759. The number of hydrogen-bond donors (Lipinski definition) is 1. The number of rotatable bonds is 2. The molecule has 60 valence electrons. The van der Waals surface area contributed by atoms with Gasteiger partial charge in [-0.25, -0.2) is 0 Å². The third-order valence-electron chi connectivity index (χ3n) is 1.34. The lowest BCUT2D eigenvalue weighted by molar-refractivity contribution is 1.24. The number of nitriles is 1. The van der Waals surface area contributed by atoms with E-state index in [0.29, 0.717) is 12.1 Å². The van der Waals surface area contributed by atoms with Gasteiger partial charge in [-0.3, -0.25) is 4.98 Å². The van der Waals surface area contributed by atoms with Crippen LogP contribution < -0.4 is 5.73 Å². The zero-order chi connectivity index (χ0) is 8.81. The van der Waals surface area contributed by atoms with Crippen molar-refractivity contribution in [1.82, 2.24) is 4.98 Å². The first-order valence-corrected chi connectivity index (χ1v) is 3.59.